The van der Waals surface area contributed by atoms with Gasteiger partial charge in [0.15, 0.2) is 0 Å². The Labute approximate surface area is 143 Å². The van der Waals surface area contributed by atoms with E-state index in [1.807, 2.05) is 36.9 Å². The first-order chi connectivity index (χ1) is 11.0. The summed E-state index contributed by atoms with van der Waals surface area (Å²) in [7, 11) is 0. The third-order valence-corrected chi connectivity index (χ3v) is 4.74. The minimum absolute atomic E-state index is 0.0278. The van der Waals surface area contributed by atoms with E-state index in [2.05, 4.69) is 5.32 Å². The third kappa shape index (κ3) is 4.96. The average molecular weight is 337 g/mol. The number of amides is 2. The molecule has 1 heterocycles. The van der Waals surface area contributed by atoms with Crippen molar-refractivity contribution in [2.75, 3.05) is 19.0 Å². The number of hydrogen-bond acceptors (Lipinski definition) is 2. The first kappa shape index (κ1) is 17.8. The van der Waals surface area contributed by atoms with E-state index in [1.165, 1.54) is 5.56 Å². The Morgan fingerprint density at radius 2 is 1.91 bits per heavy atom. The molecule has 0 aromatic heterocycles. The van der Waals surface area contributed by atoms with E-state index in [0.29, 0.717) is 31.0 Å². The van der Waals surface area contributed by atoms with Crippen LogP contribution in [0.4, 0.5) is 0 Å². The molecule has 0 unspecified atom stereocenters. The third-order valence-electron chi connectivity index (χ3n) is 4.48. The summed E-state index contributed by atoms with van der Waals surface area (Å²) in [5, 5.41) is 3.09. The molecule has 1 aromatic rings. The molecular formula is C18H25ClN2O2. The van der Waals surface area contributed by atoms with Crippen molar-refractivity contribution in [3.63, 3.8) is 0 Å². The fourth-order valence-corrected chi connectivity index (χ4v) is 2.93. The van der Waals surface area contributed by atoms with Crippen molar-refractivity contribution in [3.05, 3.63) is 34.9 Å². The lowest BCUT2D eigenvalue weighted by Gasteiger charge is -2.32. The number of likely N-dealkylation sites (tertiary alicyclic amines) is 1. The zero-order chi connectivity index (χ0) is 16.8. The van der Waals surface area contributed by atoms with Gasteiger partial charge in [-0.25, -0.2) is 0 Å². The highest BCUT2D eigenvalue weighted by Crippen LogP contribution is 2.14. The number of nitrogens with zero attached hydrogens (tertiary/aromatic N) is 1. The maximum atomic E-state index is 12.3. The molecule has 0 saturated carbocycles. The maximum absolute atomic E-state index is 12.3. The van der Waals surface area contributed by atoms with E-state index in [-0.39, 0.29) is 17.9 Å². The molecule has 1 aromatic carbocycles. The van der Waals surface area contributed by atoms with Crippen LogP contribution in [-0.4, -0.2) is 41.7 Å². The van der Waals surface area contributed by atoms with Crippen molar-refractivity contribution in [3.8, 4) is 0 Å². The summed E-state index contributed by atoms with van der Waals surface area (Å²) in [5.74, 6) is 0.665. The number of nitrogens with one attached hydrogen (secondary N) is 1. The van der Waals surface area contributed by atoms with Gasteiger partial charge in [-0.05, 0) is 56.4 Å². The van der Waals surface area contributed by atoms with E-state index < -0.39 is 0 Å². The summed E-state index contributed by atoms with van der Waals surface area (Å²) in [5.41, 5.74) is 3.01. The highest BCUT2D eigenvalue weighted by atomic mass is 35.5. The Morgan fingerprint density at radius 3 is 2.52 bits per heavy atom. The molecule has 1 saturated heterocycles. The standard InChI is InChI=1S/C18H25ClN2O2/c1-13-5-6-15(12-14(13)2)18(23)20-16-7-10-21(11-8-16)17(22)4-3-9-19/h5-6,12,16H,3-4,7-11H2,1-2H3,(H,20,23). The lowest BCUT2D eigenvalue weighted by atomic mass is 10.0. The SMILES string of the molecule is Cc1ccc(C(=O)NC2CCN(C(=O)CCCCl)CC2)cc1C. The molecule has 1 aliphatic rings. The summed E-state index contributed by atoms with van der Waals surface area (Å²) in [6.07, 6.45) is 2.86. The normalized spacial score (nSPS) is 15.5. The fraction of sp³-hybridized carbons (Fsp3) is 0.556. The van der Waals surface area contributed by atoms with Crippen LogP contribution in [0.5, 0.6) is 0 Å². The first-order valence-electron chi connectivity index (χ1n) is 8.23. The molecule has 4 nitrogen and oxygen atoms in total. The Bertz CT molecular complexity index is 566. The van der Waals surface area contributed by atoms with Gasteiger partial charge in [-0.15, -0.1) is 11.6 Å². The second-order valence-corrected chi connectivity index (χ2v) is 6.60. The van der Waals surface area contributed by atoms with Gasteiger partial charge in [0.05, 0.1) is 0 Å². The number of piperidine rings is 1. The molecule has 1 aliphatic heterocycles. The number of carbonyl (C=O) groups excluding carboxylic acids is 2. The van der Waals surface area contributed by atoms with E-state index in [0.717, 1.165) is 24.8 Å². The Morgan fingerprint density at radius 1 is 1.22 bits per heavy atom. The van der Waals surface area contributed by atoms with Crippen molar-refractivity contribution >= 4 is 23.4 Å². The number of alkyl halides is 1. The predicted octanol–water partition coefficient (Wildman–Crippen LogP) is 3.04. The van der Waals surface area contributed by atoms with Gasteiger partial charge in [0.25, 0.3) is 5.91 Å². The lowest BCUT2D eigenvalue weighted by Crippen LogP contribution is -2.46. The van der Waals surface area contributed by atoms with Gasteiger partial charge in [0.2, 0.25) is 5.91 Å². The zero-order valence-corrected chi connectivity index (χ0v) is 14.7. The molecule has 2 amide bonds. The molecule has 126 valence electrons. The van der Waals surface area contributed by atoms with Crippen molar-refractivity contribution in [2.24, 2.45) is 0 Å². The Hall–Kier alpha value is -1.55. The minimum Gasteiger partial charge on any atom is -0.349 e. The van der Waals surface area contributed by atoms with Crippen LogP contribution in [-0.2, 0) is 4.79 Å². The van der Waals surface area contributed by atoms with Crippen molar-refractivity contribution < 1.29 is 9.59 Å². The van der Waals surface area contributed by atoms with Crippen LogP contribution in [0.1, 0.15) is 47.2 Å². The summed E-state index contributed by atoms with van der Waals surface area (Å²) in [6.45, 7) is 5.46. The summed E-state index contributed by atoms with van der Waals surface area (Å²) >= 11 is 5.63. The largest absolute Gasteiger partial charge is 0.349 e. The highest BCUT2D eigenvalue weighted by molar-refractivity contribution is 6.17. The van der Waals surface area contributed by atoms with E-state index >= 15 is 0 Å². The number of benzene rings is 1. The van der Waals surface area contributed by atoms with Gasteiger partial charge < -0.3 is 10.2 Å². The number of aryl methyl sites for hydroxylation is 2. The molecule has 0 spiro atoms. The monoisotopic (exact) mass is 336 g/mol. The van der Waals surface area contributed by atoms with Crippen LogP contribution in [0.25, 0.3) is 0 Å². The van der Waals surface area contributed by atoms with Crippen LogP contribution in [0.2, 0.25) is 0 Å². The molecule has 0 atom stereocenters. The summed E-state index contributed by atoms with van der Waals surface area (Å²) in [4.78, 5) is 26.2. The zero-order valence-electron chi connectivity index (χ0n) is 13.9. The van der Waals surface area contributed by atoms with E-state index in [1.54, 1.807) is 0 Å². The molecule has 0 radical (unpaired) electrons. The van der Waals surface area contributed by atoms with Crippen molar-refractivity contribution in [2.45, 2.75) is 45.6 Å². The summed E-state index contributed by atoms with van der Waals surface area (Å²) in [6, 6.07) is 5.90. The van der Waals surface area contributed by atoms with Crippen LogP contribution in [0, 0.1) is 13.8 Å². The number of carbonyl (C=O) groups is 2. The van der Waals surface area contributed by atoms with Crippen LogP contribution >= 0.6 is 11.6 Å². The molecule has 1 fully saturated rings. The molecule has 5 heteroatoms. The topological polar surface area (TPSA) is 49.4 Å². The molecule has 2 rings (SSSR count). The van der Waals surface area contributed by atoms with Crippen LogP contribution in [0.3, 0.4) is 0 Å². The van der Waals surface area contributed by atoms with Crippen LogP contribution in [0.15, 0.2) is 18.2 Å². The van der Waals surface area contributed by atoms with Crippen LogP contribution < -0.4 is 5.32 Å². The highest BCUT2D eigenvalue weighted by Gasteiger charge is 2.23. The lowest BCUT2D eigenvalue weighted by molar-refractivity contribution is -0.132. The Balaban J connectivity index is 1.82. The maximum Gasteiger partial charge on any atom is 0.251 e. The van der Waals surface area contributed by atoms with E-state index in [4.69, 9.17) is 11.6 Å². The van der Waals surface area contributed by atoms with Gasteiger partial charge in [0, 0.05) is 37.0 Å². The van der Waals surface area contributed by atoms with Gasteiger partial charge in [0.1, 0.15) is 0 Å². The Kier molecular flexibility index (Phi) is 6.46. The fourth-order valence-electron chi connectivity index (χ4n) is 2.80. The number of hydrogen-bond donors (Lipinski definition) is 1. The number of halogens is 1. The molecular weight excluding hydrogens is 312 g/mol. The first-order valence-corrected chi connectivity index (χ1v) is 8.76. The summed E-state index contributed by atoms with van der Waals surface area (Å²) < 4.78 is 0. The number of rotatable bonds is 5. The molecule has 23 heavy (non-hydrogen) atoms. The van der Waals surface area contributed by atoms with Gasteiger partial charge in [-0.2, -0.15) is 0 Å². The quantitative estimate of drug-likeness (QED) is 0.840. The van der Waals surface area contributed by atoms with Gasteiger partial charge >= 0.3 is 0 Å². The van der Waals surface area contributed by atoms with E-state index in [9.17, 15) is 9.59 Å². The van der Waals surface area contributed by atoms with Gasteiger partial charge in [-0.1, -0.05) is 6.07 Å². The minimum atomic E-state index is -0.0278. The second kappa shape index (κ2) is 8.34. The van der Waals surface area contributed by atoms with Crippen molar-refractivity contribution in [1.29, 1.82) is 0 Å². The average Bonchev–Trinajstić information content (AvgIpc) is 2.55. The molecule has 0 aliphatic carbocycles. The second-order valence-electron chi connectivity index (χ2n) is 6.22. The molecule has 0 bridgehead atoms. The predicted molar refractivity (Wildman–Crippen MR) is 92.9 cm³/mol. The molecule has 1 N–H and O–H groups in total. The smallest absolute Gasteiger partial charge is 0.251 e. The van der Waals surface area contributed by atoms with Gasteiger partial charge in [-0.3, -0.25) is 9.59 Å². The van der Waals surface area contributed by atoms with Crippen molar-refractivity contribution in [1.82, 2.24) is 10.2 Å².